The smallest absolute Gasteiger partial charge is 0.405 e. The van der Waals surface area contributed by atoms with E-state index < -0.39 is 18.1 Å². The number of aromatic nitrogens is 1. The second-order valence-electron chi connectivity index (χ2n) is 2.37. The number of ether oxygens (including phenoxy) is 1. The summed E-state index contributed by atoms with van der Waals surface area (Å²) in [5.74, 6) is -1.71. The van der Waals surface area contributed by atoms with Crippen LogP contribution in [0, 0.1) is 5.95 Å². The van der Waals surface area contributed by atoms with E-state index in [1.807, 2.05) is 0 Å². The Balaban J connectivity index is 2.99. The summed E-state index contributed by atoms with van der Waals surface area (Å²) in [4.78, 5) is 3.15. The normalized spacial score (nSPS) is 11.5. The number of nitrogens with zero attached hydrogens (tertiary/aromatic N) is 1. The second kappa shape index (κ2) is 3.79. The zero-order chi connectivity index (χ0) is 10.8. The zero-order valence-electron chi connectivity index (χ0n) is 6.81. The summed E-state index contributed by atoms with van der Waals surface area (Å²) >= 11 is 0. The first-order valence-corrected chi connectivity index (χ1v) is 3.52. The highest BCUT2D eigenvalue weighted by atomic mass is 19.4. The standard InChI is InChI=1S/C7H6F4N2O/c8-6-1-5(14-7(9,10)11)4(2-12)3-13-6/h1,3H,2,12H2. The van der Waals surface area contributed by atoms with E-state index in [1.165, 1.54) is 0 Å². The van der Waals surface area contributed by atoms with Gasteiger partial charge in [-0.2, -0.15) is 4.39 Å². The minimum absolute atomic E-state index is 0.0104. The molecule has 0 spiro atoms. The minimum Gasteiger partial charge on any atom is -0.405 e. The topological polar surface area (TPSA) is 48.1 Å². The van der Waals surface area contributed by atoms with Crippen molar-refractivity contribution in [2.24, 2.45) is 5.73 Å². The predicted octanol–water partition coefficient (Wildman–Crippen LogP) is 1.58. The third-order valence-electron chi connectivity index (χ3n) is 1.36. The average Bonchev–Trinajstić information content (AvgIpc) is 2.01. The lowest BCUT2D eigenvalue weighted by Gasteiger charge is -2.11. The van der Waals surface area contributed by atoms with Gasteiger partial charge in [0.05, 0.1) is 0 Å². The SMILES string of the molecule is NCc1cnc(F)cc1OC(F)(F)F. The maximum absolute atomic E-state index is 12.5. The van der Waals surface area contributed by atoms with Crippen LogP contribution in [0.15, 0.2) is 12.3 Å². The fourth-order valence-corrected chi connectivity index (χ4v) is 0.814. The molecule has 7 heteroatoms. The highest BCUT2D eigenvalue weighted by Crippen LogP contribution is 2.25. The molecule has 14 heavy (non-hydrogen) atoms. The molecule has 0 fully saturated rings. The monoisotopic (exact) mass is 210 g/mol. The van der Waals surface area contributed by atoms with Gasteiger partial charge in [0.25, 0.3) is 0 Å². The summed E-state index contributed by atoms with van der Waals surface area (Å²) in [6, 6.07) is 0.537. The fraction of sp³-hybridized carbons (Fsp3) is 0.286. The molecule has 0 saturated carbocycles. The Morgan fingerprint density at radius 1 is 1.43 bits per heavy atom. The van der Waals surface area contributed by atoms with Gasteiger partial charge in [0.2, 0.25) is 5.95 Å². The zero-order valence-corrected chi connectivity index (χ0v) is 6.81. The van der Waals surface area contributed by atoms with Crippen molar-refractivity contribution in [2.75, 3.05) is 0 Å². The van der Waals surface area contributed by atoms with Crippen LogP contribution in [0.3, 0.4) is 0 Å². The Morgan fingerprint density at radius 2 is 2.07 bits per heavy atom. The van der Waals surface area contributed by atoms with Gasteiger partial charge in [0, 0.05) is 24.4 Å². The van der Waals surface area contributed by atoms with Gasteiger partial charge in [-0.15, -0.1) is 13.2 Å². The van der Waals surface area contributed by atoms with Crippen LogP contribution in [-0.2, 0) is 6.54 Å². The van der Waals surface area contributed by atoms with Crippen LogP contribution in [0.5, 0.6) is 5.75 Å². The maximum Gasteiger partial charge on any atom is 0.573 e. The van der Waals surface area contributed by atoms with Crippen LogP contribution in [0.2, 0.25) is 0 Å². The van der Waals surface area contributed by atoms with E-state index in [1.54, 1.807) is 0 Å². The molecule has 0 atom stereocenters. The molecule has 78 valence electrons. The number of pyridine rings is 1. The van der Waals surface area contributed by atoms with E-state index in [0.29, 0.717) is 6.07 Å². The lowest BCUT2D eigenvalue weighted by molar-refractivity contribution is -0.275. The summed E-state index contributed by atoms with van der Waals surface area (Å²) in [7, 11) is 0. The number of hydrogen-bond acceptors (Lipinski definition) is 3. The first kappa shape index (κ1) is 10.7. The molecule has 0 bridgehead atoms. The van der Waals surface area contributed by atoms with Gasteiger partial charge in [-0.05, 0) is 0 Å². The van der Waals surface area contributed by atoms with Crippen LogP contribution in [-0.4, -0.2) is 11.3 Å². The molecule has 1 rings (SSSR count). The first-order chi connectivity index (χ1) is 6.42. The highest BCUT2D eigenvalue weighted by molar-refractivity contribution is 5.30. The molecule has 0 aliphatic rings. The maximum atomic E-state index is 12.5. The number of alkyl halides is 3. The fourth-order valence-electron chi connectivity index (χ4n) is 0.814. The van der Waals surface area contributed by atoms with Crippen LogP contribution >= 0.6 is 0 Å². The van der Waals surface area contributed by atoms with Gasteiger partial charge in [-0.25, -0.2) is 4.98 Å². The number of rotatable bonds is 2. The first-order valence-electron chi connectivity index (χ1n) is 3.52. The molecule has 0 radical (unpaired) electrons. The van der Waals surface area contributed by atoms with Crippen LogP contribution in [0.1, 0.15) is 5.56 Å². The Labute approximate surface area is 76.5 Å². The van der Waals surface area contributed by atoms with Crippen molar-refractivity contribution in [1.29, 1.82) is 0 Å². The molecular weight excluding hydrogens is 204 g/mol. The Kier molecular flexibility index (Phi) is 2.90. The number of nitrogens with two attached hydrogens (primary N) is 1. The van der Waals surface area contributed by atoms with Gasteiger partial charge < -0.3 is 10.5 Å². The molecule has 1 aromatic heterocycles. The van der Waals surface area contributed by atoms with Crippen molar-refractivity contribution < 1.29 is 22.3 Å². The molecule has 0 aliphatic heterocycles. The summed E-state index contributed by atoms with van der Waals surface area (Å²) in [6.07, 6.45) is -3.96. The van der Waals surface area contributed by atoms with Crippen molar-refractivity contribution in [3.8, 4) is 5.75 Å². The lowest BCUT2D eigenvalue weighted by Crippen LogP contribution is -2.19. The summed E-state index contributed by atoms with van der Waals surface area (Å²) < 4.78 is 51.4. The summed E-state index contributed by atoms with van der Waals surface area (Å²) in [6.45, 7) is -0.210. The molecular formula is C7H6F4N2O. The van der Waals surface area contributed by atoms with E-state index >= 15 is 0 Å². The Bertz CT molecular complexity index is 326. The van der Waals surface area contributed by atoms with Gasteiger partial charge in [-0.3, -0.25) is 0 Å². The van der Waals surface area contributed by atoms with Crippen LogP contribution in [0.25, 0.3) is 0 Å². The van der Waals surface area contributed by atoms with Gasteiger partial charge >= 0.3 is 6.36 Å². The molecule has 0 saturated heterocycles. The van der Waals surface area contributed by atoms with Crippen LogP contribution < -0.4 is 10.5 Å². The van der Waals surface area contributed by atoms with E-state index in [2.05, 4.69) is 9.72 Å². The van der Waals surface area contributed by atoms with Crippen molar-refractivity contribution in [1.82, 2.24) is 4.98 Å². The van der Waals surface area contributed by atoms with E-state index in [-0.39, 0.29) is 12.1 Å². The average molecular weight is 210 g/mol. The van der Waals surface area contributed by atoms with Crippen molar-refractivity contribution in [2.45, 2.75) is 12.9 Å². The molecule has 0 unspecified atom stereocenters. The molecule has 0 amide bonds. The third-order valence-corrected chi connectivity index (χ3v) is 1.36. The van der Waals surface area contributed by atoms with Crippen molar-refractivity contribution in [3.05, 3.63) is 23.8 Å². The molecule has 0 aliphatic carbocycles. The van der Waals surface area contributed by atoms with Gasteiger partial charge in [0.15, 0.2) is 0 Å². The van der Waals surface area contributed by atoms with E-state index in [9.17, 15) is 17.6 Å². The van der Waals surface area contributed by atoms with E-state index in [0.717, 1.165) is 6.20 Å². The van der Waals surface area contributed by atoms with Gasteiger partial charge in [-0.1, -0.05) is 0 Å². The molecule has 3 nitrogen and oxygen atoms in total. The second-order valence-corrected chi connectivity index (χ2v) is 2.37. The largest absolute Gasteiger partial charge is 0.573 e. The highest BCUT2D eigenvalue weighted by Gasteiger charge is 2.32. The Morgan fingerprint density at radius 3 is 2.57 bits per heavy atom. The molecule has 1 heterocycles. The quantitative estimate of drug-likeness (QED) is 0.595. The number of hydrogen-bond donors (Lipinski definition) is 1. The van der Waals surface area contributed by atoms with E-state index in [4.69, 9.17) is 5.73 Å². The predicted molar refractivity (Wildman–Crippen MR) is 38.8 cm³/mol. The number of halogens is 4. The molecule has 0 aromatic carbocycles. The summed E-state index contributed by atoms with van der Waals surface area (Å²) in [5.41, 5.74) is 5.10. The lowest BCUT2D eigenvalue weighted by atomic mass is 10.2. The molecule has 2 N–H and O–H groups in total. The van der Waals surface area contributed by atoms with Gasteiger partial charge in [0.1, 0.15) is 5.75 Å². The minimum atomic E-state index is -4.86. The van der Waals surface area contributed by atoms with Crippen molar-refractivity contribution >= 4 is 0 Å². The van der Waals surface area contributed by atoms with Crippen molar-refractivity contribution in [3.63, 3.8) is 0 Å². The van der Waals surface area contributed by atoms with Crippen LogP contribution in [0.4, 0.5) is 17.6 Å². The molecule has 1 aromatic rings. The summed E-state index contributed by atoms with van der Waals surface area (Å²) in [5, 5.41) is 0. The Hall–Kier alpha value is -1.37. The third kappa shape index (κ3) is 2.84.